The first-order valence-electron chi connectivity index (χ1n) is 11.9. The van der Waals surface area contributed by atoms with Crippen molar-refractivity contribution < 1.29 is 38.4 Å². The molecule has 2 aromatic carbocycles. The lowest BCUT2D eigenvalue weighted by molar-refractivity contribution is -0.140. The van der Waals surface area contributed by atoms with Gasteiger partial charge in [-0.25, -0.2) is 9.59 Å². The molecule has 8 heteroatoms. The summed E-state index contributed by atoms with van der Waals surface area (Å²) in [7, 11) is 0. The highest BCUT2D eigenvalue weighted by atomic mass is 16.5. The van der Waals surface area contributed by atoms with E-state index in [9.17, 15) is 14.4 Å². The Labute approximate surface area is 216 Å². The molecule has 0 spiro atoms. The topological polar surface area (TPSA) is 108 Å². The first-order valence-corrected chi connectivity index (χ1v) is 11.9. The molecule has 0 atom stereocenters. The summed E-state index contributed by atoms with van der Waals surface area (Å²) in [6.07, 6.45) is 6.23. The minimum Gasteiger partial charge on any atom is -0.494 e. The number of unbranched alkanes of at least 4 members (excludes halogenated alkanes) is 1. The lowest BCUT2D eigenvalue weighted by Crippen LogP contribution is -2.11. The molecule has 0 bridgehead atoms. The van der Waals surface area contributed by atoms with Gasteiger partial charge in [0.05, 0.1) is 38.6 Å². The second kappa shape index (κ2) is 16.5. The molecule has 0 heterocycles. The third kappa shape index (κ3) is 11.4. The van der Waals surface area contributed by atoms with Crippen molar-refractivity contribution >= 4 is 23.8 Å². The zero-order valence-corrected chi connectivity index (χ0v) is 20.7. The number of carbonyl (C=O) groups is 3. The normalized spacial score (nSPS) is 10.5. The van der Waals surface area contributed by atoms with Crippen molar-refractivity contribution in [2.24, 2.45) is 0 Å². The van der Waals surface area contributed by atoms with Crippen LogP contribution in [-0.2, 0) is 19.1 Å². The lowest BCUT2D eigenvalue weighted by atomic mass is 10.1. The third-order valence-electron chi connectivity index (χ3n) is 4.93. The highest BCUT2D eigenvalue weighted by Gasteiger charge is 2.06. The van der Waals surface area contributed by atoms with E-state index in [1.807, 2.05) is 24.3 Å². The second-order valence-electron chi connectivity index (χ2n) is 7.82. The summed E-state index contributed by atoms with van der Waals surface area (Å²) in [5.41, 5.74) is 1.43. The summed E-state index contributed by atoms with van der Waals surface area (Å²) in [6.45, 7) is 7.66. The molecule has 0 unspecified atom stereocenters. The van der Waals surface area contributed by atoms with Gasteiger partial charge in [-0.05, 0) is 60.9 Å². The predicted octanol–water partition coefficient (Wildman–Crippen LogP) is 4.33. The zero-order valence-electron chi connectivity index (χ0n) is 20.7. The second-order valence-corrected chi connectivity index (χ2v) is 7.82. The minimum atomic E-state index is -0.589. The Morgan fingerprint density at radius 3 is 1.97 bits per heavy atom. The number of aliphatic hydroxyl groups is 1. The molecule has 1 N–H and O–H groups in total. The monoisotopic (exact) mass is 508 g/mol. The summed E-state index contributed by atoms with van der Waals surface area (Å²) < 4.78 is 21.1. The van der Waals surface area contributed by atoms with Gasteiger partial charge in [-0.15, -0.1) is 0 Å². The molecule has 0 aliphatic heterocycles. The highest BCUT2D eigenvalue weighted by Crippen LogP contribution is 2.16. The summed E-state index contributed by atoms with van der Waals surface area (Å²) >= 11 is 0. The molecule has 2 aromatic rings. The van der Waals surface area contributed by atoms with Crippen LogP contribution in [0, 0.1) is 0 Å². The molecular weight excluding hydrogens is 476 g/mol. The Bertz CT molecular complexity index is 1070. The minimum absolute atomic E-state index is 0.0357. The Kier molecular flexibility index (Phi) is 13.0. The first kappa shape index (κ1) is 29.1. The molecule has 0 amide bonds. The fourth-order valence-corrected chi connectivity index (χ4v) is 2.86. The lowest BCUT2D eigenvalue weighted by Gasteiger charge is -2.07. The van der Waals surface area contributed by atoms with Crippen molar-refractivity contribution in [3.05, 3.63) is 90.5 Å². The van der Waals surface area contributed by atoms with E-state index in [1.54, 1.807) is 30.3 Å². The van der Waals surface area contributed by atoms with Crippen LogP contribution in [0.3, 0.4) is 0 Å². The van der Waals surface area contributed by atoms with Crippen LogP contribution >= 0.6 is 0 Å². The van der Waals surface area contributed by atoms with Crippen LogP contribution in [0.4, 0.5) is 0 Å². The van der Waals surface area contributed by atoms with Crippen molar-refractivity contribution in [3.8, 4) is 11.5 Å². The number of carbonyl (C=O) groups excluding carboxylic acids is 3. The van der Waals surface area contributed by atoms with Gasteiger partial charge in [0.2, 0.25) is 0 Å². The van der Waals surface area contributed by atoms with Crippen molar-refractivity contribution in [1.29, 1.82) is 0 Å². The summed E-state index contributed by atoms with van der Waals surface area (Å²) in [4.78, 5) is 34.8. The average molecular weight is 509 g/mol. The van der Waals surface area contributed by atoms with Crippen molar-refractivity contribution in [1.82, 2.24) is 0 Å². The standard InChI is InChI=1S/C29H32O8/c1-3-28(32)36-20-6-19-35-26-14-10-24(11-15-26)27(31)16-9-23-7-12-25(13-8-23)34-17-4-5-18-37-29(33)22(2)21-30/h3,7-16,30H,1-2,4-6,17-21H2/b16-9+. The van der Waals surface area contributed by atoms with Gasteiger partial charge in [-0.1, -0.05) is 31.4 Å². The van der Waals surface area contributed by atoms with Crippen LogP contribution in [0.15, 0.2) is 79.4 Å². The Hall–Kier alpha value is -4.17. The molecular formula is C29H32O8. The van der Waals surface area contributed by atoms with Gasteiger partial charge in [0.15, 0.2) is 5.78 Å². The Morgan fingerprint density at radius 1 is 0.784 bits per heavy atom. The predicted molar refractivity (Wildman–Crippen MR) is 139 cm³/mol. The Balaban J connectivity index is 1.68. The van der Waals surface area contributed by atoms with E-state index in [-0.39, 0.29) is 24.6 Å². The molecule has 196 valence electrons. The van der Waals surface area contributed by atoms with Gasteiger partial charge < -0.3 is 24.1 Å². The number of hydrogen-bond acceptors (Lipinski definition) is 8. The number of hydrogen-bond donors (Lipinski definition) is 1. The summed E-state index contributed by atoms with van der Waals surface area (Å²) in [5.74, 6) is 0.140. The van der Waals surface area contributed by atoms with Crippen LogP contribution in [0.25, 0.3) is 6.08 Å². The van der Waals surface area contributed by atoms with Gasteiger partial charge in [0.1, 0.15) is 11.5 Å². The first-order chi connectivity index (χ1) is 17.9. The number of benzene rings is 2. The van der Waals surface area contributed by atoms with Crippen molar-refractivity contribution in [2.75, 3.05) is 33.0 Å². The summed E-state index contributed by atoms with van der Waals surface area (Å²) in [5, 5.41) is 8.81. The molecule has 0 fully saturated rings. The molecule has 0 aliphatic rings. The van der Waals surface area contributed by atoms with Gasteiger partial charge in [0, 0.05) is 18.1 Å². The largest absolute Gasteiger partial charge is 0.494 e. The van der Waals surface area contributed by atoms with E-state index >= 15 is 0 Å². The molecule has 0 saturated carbocycles. The fourth-order valence-electron chi connectivity index (χ4n) is 2.86. The van der Waals surface area contributed by atoms with Crippen LogP contribution < -0.4 is 9.47 Å². The summed E-state index contributed by atoms with van der Waals surface area (Å²) in [6, 6.07) is 14.2. The molecule has 2 rings (SSSR count). The van der Waals surface area contributed by atoms with Gasteiger partial charge >= 0.3 is 11.9 Å². The van der Waals surface area contributed by atoms with Crippen LogP contribution in [0.1, 0.15) is 35.2 Å². The van der Waals surface area contributed by atoms with E-state index in [1.165, 1.54) is 6.08 Å². The van der Waals surface area contributed by atoms with Crippen LogP contribution in [-0.4, -0.2) is 55.9 Å². The quantitative estimate of drug-likeness (QED) is 0.146. The Morgan fingerprint density at radius 2 is 1.35 bits per heavy atom. The van der Waals surface area contributed by atoms with Crippen LogP contribution in [0.5, 0.6) is 11.5 Å². The maximum atomic E-state index is 12.5. The van der Waals surface area contributed by atoms with E-state index in [0.29, 0.717) is 49.5 Å². The third-order valence-corrected chi connectivity index (χ3v) is 4.93. The van der Waals surface area contributed by atoms with E-state index < -0.39 is 18.5 Å². The van der Waals surface area contributed by atoms with Gasteiger partial charge in [-0.3, -0.25) is 4.79 Å². The fraction of sp³-hybridized carbons (Fsp3) is 0.276. The molecule has 0 aromatic heterocycles. The van der Waals surface area contributed by atoms with Crippen LogP contribution in [0.2, 0.25) is 0 Å². The molecule has 37 heavy (non-hydrogen) atoms. The maximum absolute atomic E-state index is 12.5. The number of ether oxygens (including phenoxy) is 4. The highest BCUT2D eigenvalue weighted by molar-refractivity contribution is 6.06. The van der Waals surface area contributed by atoms with E-state index in [0.717, 1.165) is 11.6 Å². The van der Waals surface area contributed by atoms with E-state index in [2.05, 4.69) is 13.2 Å². The number of esters is 2. The number of ketones is 1. The molecule has 0 radical (unpaired) electrons. The van der Waals surface area contributed by atoms with Crippen molar-refractivity contribution in [3.63, 3.8) is 0 Å². The van der Waals surface area contributed by atoms with Gasteiger partial charge in [-0.2, -0.15) is 0 Å². The smallest absolute Gasteiger partial charge is 0.335 e. The van der Waals surface area contributed by atoms with Crippen molar-refractivity contribution in [2.45, 2.75) is 19.3 Å². The average Bonchev–Trinajstić information content (AvgIpc) is 2.93. The number of aliphatic hydroxyl groups excluding tert-OH is 1. The molecule has 0 saturated heterocycles. The number of allylic oxidation sites excluding steroid dienone is 1. The van der Waals surface area contributed by atoms with Gasteiger partial charge in [0.25, 0.3) is 0 Å². The molecule has 0 aliphatic carbocycles. The molecule has 8 nitrogen and oxygen atoms in total. The maximum Gasteiger partial charge on any atom is 0.335 e. The SMILES string of the molecule is C=CC(=O)OCCCOc1ccc(C(=O)/C=C/c2ccc(OCCCCOC(=O)C(=C)CO)cc2)cc1. The van der Waals surface area contributed by atoms with E-state index in [4.69, 9.17) is 24.1 Å². The number of rotatable bonds is 17. The zero-order chi connectivity index (χ0) is 26.9.